The summed E-state index contributed by atoms with van der Waals surface area (Å²) in [7, 11) is 0. The molecule has 14 heavy (non-hydrogen) atoms. The van der Waals surface area contributed by atoms with Gasteiger partial charge in [0.25, 0.3) is 0 Å². The van der Waals surface area contributed by atoms with Gasteiger partial charge in [-0.15, -0.1) is 0 Å². The van der Waals surface area contributed by atoms with Gasteiger partial charge in [0.2, 0.25) is 0 Å². The van der Waals surface area contributed by atoms with Gasteiger partial charge < -0.3 is 10.8 Å². The molecule has 1 heterocycles. The molecule has 0 aliphatic carbocycles. The van der Waals surface area contributed by atoms with E-state index in [4.69, 9.17) is 5.73 Å². The van der Waals surface area contributed by atoms with Gasteiger partial charge in [-0.2, -0.15) is 5.10 Å². The fraction of sp³-hybridized carbons (Fsp3) is 0. The maximum Gasteiger partial charge on any atom is 0.126 e. The Labute approximate surface area is 88.9 Å². The number of nitrogen functional groups attached to an aromatic ring is 1. The minimum absolute atomic E-state index is 0.174. The highest BCUT2D eigenvalue weighted by Gasteiger charge is 2.09. The number of hydrogen-bond acceptors (Lipinski definition) is 3. The normalized spacial score (nSPS) is 10.4. The SMILES string of the molecule is Nc1[nH]ncc1-c1ccc(Br)cc1O. The molecule has 1 aromatic heterocycles. The summed E-state index contributed by atoms with van der Waals surface area (Å²) < 4.78 is 0.820. The molecule has 4 N–H and O–H groups in total. The van der Waals surface area contributed by atoms with Crippen molar-refractivity contribution in [3.63, 3.8) is 0 Å². The second-order valence-corrected chi connectivity index (χ2v) is 3.77. The maximum absolute atomic E-state index is 9.66. The van der Waals surface area contributed by atoms with E-state index in [1.807, 2.05) is 6.07 Å². The van der Waals surface area contributed by atoms with Crippen LogP contribution in [-0.4, -0.2) is 15.3 Å². The third-order valence-corrected chi connectivity index (χ3v) is 2.41. The summed E-state index contributed by atoms with van der Waals surface area (Å²) in [6, 6.07) is 5.23. The number of aromatic hydroxyl groups is 1. The molecule has 0 aliphatic heterocycles. The standard InChI is InChI=1S/C9H8BrN3O/c10-5-1-2-6(8(14)3-5)7-4-12-13-9(7)11/h1-4,14H,(H3,11,12,13). The number of phenols is 1. The lowest BCUT2D eigenvalue weighted by molar-refractivity contribution is 0.477. The monoisotopic (exact) mass is 253 g/mol. The van der Waals surface area contributed by atoms with Crippen LogP contribution in [-0.2, 0) is 0 Å². The van der Waals surface area contributed by atoms with E-state index >= 15 is 0 Å². The third kappa shape index (κ3) is 1.46. The number of rotatable bonds is 1. The van der Waals surface area contributed by atoms with Gasteiger partial charge >= 0.3 is 0 Å². The lowest BCUT2D eigenvalue weighted by Crippen LogP contribution is -1.87. The molecule has 0 saturated carbocycles. The van der Waals surface area contributed by atoms with Gasteiger partial charge in [0.1, 0.15) is 11.6 Å². The molecule has 0 bridgehead atoms. The predicted molar refractivity (Wildman–Crippen MR) is 57.8 cm³/mol. The zero-order valence-electron chi connectivity index (χ0n) is 7.16. The summed E-state index contributed by atoms with van der Waals surface area (Å²) in [5.41, 5.74) is 7.01. The molecule has 5 heteroatoms. The third-order valence-electron chi connectivity index (χ3n) is 1.92. The first-order chi connectivity index (χ1) is 6.68. The zero-order valence-corrected chi connectivity index (χ0v) is 8.75. The molecule has 0 amide bonds. The maximum atomic E-state index is 9.66. The Hall–Kier alpha value is -1.49. The second kappa shape index (κ2) is 3.34. The topological polar surface area (TPSA) is 74.9 Å². The van der Waals surface area contributed by atoms with Gasteiger partial charge in [-0.05, 0) is 18.2 Å². The largest absolute Gasteiger partial charge is 0.507 e. The van der Waals surface area contributed by atoms with E-state index in [-0.39, 0.29) is 5.75 Å². The molecule has 2 rings (SSSR count). The molecule has 1 aromatic carbocycles. The highest BCUT2D eigenvalue weighted by Crippen LogP contribution is 2.33. The number of benzene rings is 1. The Balaban J connectivity index is 2.58. The molecule has 0 fully saturated rings. The zero-order chi connectivity index (χ0) is 10.1. The van der Waals surface area contributed by atoms with Crippen LogP contribution in [0.15, 0.2) is 28.9 Å². The van der Waals surface area contributed by atoms with Crippen LogP contribution in [0.3, 0.4) is 0 Å². The number of aromatic nitrogens is 2. The van der Waals surface area contributed by atoms with Crippen LogP contribution < -0.4 is 5.73 Å². The number of nitrogens with one attached hydrogen (secondary N) is 1. The van der Waals surface area contributed by atoms with E-state index in [2.05, 4.69) is 26.1 Å². The Morgan fingerprint density at radius 3 is 2.71 bits per heavy atom. The van der Waals surface area contributed by atoms with Gasteiger partial charge in [0.05, 0.1) is 6.20 Å². The molecule has 2 aromatic rings. The minimum atomic E-state index is 0.174. The number of phenolic OH excluding ortho intramolecular Hbond substituents is 1. The van der Waals surface area contributed by atoms with Crippen LogP contribution in [0.1, 0.15) is 0 Å². The summed E-state index contributed by atoms with van der Waals surface area (Å²) in [6.07, 6.45) is 1.58. The fourth-order valence-electron chi connectivity index (χ4n) is 1.24. The Bertz CT molecular complexity index is 467. The van der Waals surface area contributed by atoms with E-state index < -0.39 is 0 Å². The van der Waals surface area contributed by atoms with Crippen LogP contribution in [0.25, 0.3) is 11.1 Å². The van der Waals surface area contributed by atoms with E-state index in [0.29, 0.717) is 16.9 Å². The smallest absolute Gasteiger partial charge is 0.126 e. The lowest BCUT2D eigenvalue weighted by atomic mass is 10.1. The molecule has 0 saturated heterocycles. The van der Waals surface area contributed by atoms with Crippen molar-refractivity contribution in [3.8, 4) is 16.9 Å². The first-order valence-corrected chi connectivity index (χ1v) is 4.75. The summed E-state index contributed by atoms with van der Waals surface area (Å²) in [5.74, 6) is 0.620. The molecular formula is C9H8BrN3O. The number of nitrogens with two attached hydrogens (primary N) is 1. The average molecular weight is 254 g/mol. The molecule has 0 spiro atoms. The molecule has 4 nitrogen and oxygen atoms in total. The Morgan fingerprint density at radius 2 is 2.14 bits per heavy atom. The van der Waals surface area contributed by atoms with E-state index in [1.165, 1.54) is 0 Å². The number of halogens is 1. The minimum Gasteiger partial charge on any atom is -0.507 e. The second-order valence-electron chi connectivity index (χ2n) is 2.86. The number of H-pyrrole nitrogens is 1. The summed E-state index contributed by atoms with van der Waals surface area (Å²) >= 11 is 3.26. The van der Waals surface area contributed by atoms with Crippen LogP contribution in [0.5, 0.6) is 5.75 Å². The summed E-state index contributed by atoms with van der Waals surface area (Å²) in [6.45, 7) is 0. The van der Waals surface area contributed by atoms with Gasteiger partial charge in [-0.1, -0.05) is 15.9 Å². The van der Waals surface area contributed by atoms with Crippen LogP contribution in [0.2, 0.25) is 0 Å². The van der Waals surface area contributed by atoms with Crippen molar-refractivity contribution >= 4 is 21.7 Å². The van der Waals surface area contributed by atoms with Gasteiger partial charge in [0, 0.05) is 15.6 Å². The molecular weight excluding hydrogens is 246 g/mol. The van der Waals surface area contributed by atoms with Crippen molar-refractivity contribution in [3.05, 3.63) is 28.9 Å². The van der Waals surface area contributed by atoms with Crippen molar-refractivity contribution in [2.24, 2.45) is 0 Å². The van der Waals surface area contributed by atoms with Crippen LogP contribution in [0, 0.1) is 0 Å². The predicted octanol–water partition coefficient (Wildman–Crippen LogP) is 2.13. The summed E-state index contributed by atoms with van der Waals surface area (Å²) in [4.78, 5) is 0. The van der Waals surface area contributed by atoms with Gasteiger partial charge in [-0.25, -0.2) is 0 Å². The van der Waals surface area contributed by atoms with E-state index in [9.17, 15) is 5.11 Å². The first-order valence-electron chi connectivity index (χ1n) is 3.96. The number of anilines is 1. The van der Waals surface area contributed by atoms with Crippen molar-refractivity contribution in [2.45, 2.75) is 0 Å². The average Bonchev–Trinajstić information content (AvgIpc) is 2.52. The Kier molecular flexibility index (Phi) is 2.17. The fourth-order valence-corrected chi connectivity index (χ4v) is 1.59. The highest BCUT2D eigenvalue weighted by molar-refractivity contribution is 9.10. The van der Waals surface area contributed by atoms with E-state index in [1.54, 1.807) is 18.3 Å². The van der Waals surface area contributed by atoms with Gasteiger partial charge in [-0.3, -0.25) is 5.10 Å². The summed E-state index contributed by atoms with van der Waals surface area (Å²) in [5, 5.41) is 16.1. The highest BCUT2D eigenvalue weighted by atomic mass is 79.9. The van der Waals surface area contributed by atoms with Crippen molar-refractivity contribution in [1.29, 1.82) is 0 Å². The molecule has 0 unspecified atom stereocenters. The number of nitrogens with zero attached hydrogens (tertiary/aromatic N) is 1. The molecule has 0 radical (unpaired) electrons. The van der Waals surface area contributed by atoms with Crippen molar-refractivity contribution in [2.75, 3.05) is 5.73 Å². The lowest BCUT2D eigenvalue weighted by Gasteiger charge is -2.02. The molecule has 0 aliphatic rings. The van der Waals surface area contributed by atoms with Gasteiger partial charge in [0.15, 0.2) is 0 Å². The number of aromatic amines is 1. The van der Waals surface area contributed by atoms with Crippen LogP contribution >= 0.6 is 15.9 Å². The Morgan fingerprint density at radius 1 is 1.36 bits per heavy atom. The van der Waals surface area contributed by atoms with Crippen LogP contribution in [0.4, 0.5) is 5.82 Å². The van der Waals surface area contributed by atoms with E-state index in [0.717, 1.165) is 4.47 Å². The molecule has 0 atom stereocenters. The first kappa shape index (κ1) is 9.08. The number of hydrogen-bond donors (Lipinski definition) is 3. The van der Waals surface area contributed by atoms with Crippen molar-refractivity contribution < 1.29 is 5.11 Å². The molecule has 72 valence electrons. The van der Waals surface area contributed by atoms with Crippen molar-refractivity contribution in [1.82, 2.24) is 10.2 Å². The quantitative estimate of drug-likeness (QED) is 0.729.